The van der Waals surface area contributed by atoms with E-state index in [0.717, 1.165) is 32.0 Å². The number of rotatable bonds is 2. The Bertz CT molecular complexity index is 346. The number of ether oxygens (including phenoxy) is 1. The smallest absolute Gasteiger partial charge is 0.208 e. The molecule has 5 heteroatoms. The highest BCUT2D eigenvalue weighted by atomic mass is 16.5. The number of para-hydroxylation sites is 1. The molecule has 1 aromatic rings. The van der Waals surface area contributed by atoms with E-state index in [1.54, 1.807) is 0 Å². The lowest BCUT2D eigenvalue weighted by atomic mass is 10.3. The van der Waals surface area contributed by atoms with Crippen molar-refractivity contribution >= 4 is 11.6 Å². The number of nitrogens with two attached hydrogens (primary N) is 1. The summed E-state index contributed by atoms with van der Waals surface area (Å²) in [6.07, 6.45) is 0. The van der Waals surface area contributed by atoms with Crippen LogP contribution in [-0.2, 0) is 4.74 Å². The summed E-state index contributed by atoms with van der Waals surface area (Å²) in [6, 6.07) is 9.63. The number of morpholine rings is 1. The maximum atomic E-state index is 5.79. The van der Waals surface area contributed by atoms with Crippen LogP contribution in [0.25, 0.3) is 0 Å². The summed E-state index contributed by atoms with van der Waals surface area (Å²) >= 11 is 0. The molecular formula is C11H16N4O. The molecule has 16 heavy (non-hydrogen) atoms. The molecule has 0 aromatic heterocycles. The number of benzene rings is 1. The molecule has 1 aromatic carbocycles. The van der Waals surface area contributed by atoms with Crippen LogP contribution in [0.4, 0.5) is 5.69 Å². The van der Waals surface area contributed by atoms with Crippen LogP contribution in [0.1, 0.15) is 0 Å². The average Bonchev–Trinajstić information content (AvgIpc) is 2.31. The second kappa shape index (κ2) is 5.48. The topological polar surface area (TPSA) is 62.9 Å². The van der Waals surface area contributed by atoms with Crippen molar-refractivity contribution in [3.8, 4) is 0 Å². The fourth-order valence-corrected chi connectivity index (χ4v) is 1.50. The maximum Gasteiger partial charge on any atom is 0.208 e. The van der Waals surface area contributed by atoms with Crippen molar-refractivity contribution in [2.24, 2.45) is 10.7 Å². The van der Waals surface area contributed by atoms with E-state index in [9.17, 15) is 0 Å². The first kappa shape index (κ1) is 10.9. The molecule has 1 heterocycles. The quantitative estimate of drug-likeness (QED) is 0.562. The van der Waals surface area contributed by atoms with Gasteiger partial charge in [0.15, 0.2) is 0 Å². The van der Waals surface area contributed by atoms with Crippen LogP contribution in [0.2, 0.25) is 0 Å². The number of hydrogen-bond acceptors (Lipinski definition) is 3. The Kier molecular flexibility index (Phi) is 3.74. The molecule has 0 saturated carbocycles. The van der Waals surface area contributed by atoms with Crippen LogP contribution >= 0.6 is 0 Å². The highest BCUT2D eigenvalue weighted by Gasteiger charge is 2.09. The van der Waals surface area contributed by atoms with Gasteiger partial charge in [-0.05, 0) is 12.1 Å². The third kappa shape index (κ3) is 3.22. The summed E-state index contributed by atoms with van der Waals surface area (Å²) in [5.41, 5.74) is 9.69. The van der Waals surface area contributed by atoms with Gasteiger partial charge in [-0.2, -0.15) is 0 Å². The van der Waals surface area contributed by atoms with Crippen molar-refractivity contribution in [1.29, 1.82) is 0 Å². The summed E-state index contributed by atoms with van der Waals surface area (Å²) in [4.78, 5) is 4.25. The highest BCUT2D eigenvalue weighted by Crippen LogP contribution is 2.08. The summed E-state index contributed by atoms with van der Waals surface area (Å²) in [7, 11) is 0. The Morgan fingerprint density at radius 3 is 2.62 bits per heavy atom. The fraction of sp³-hybridized carbons (Fsp3) is 0.364. The summed E-state index contributed by atoms with van der Waals surface area (Å²) in [5, 5.41) is 2.01. The van der Waals surface area contributed by atoms with Gasteiger partial charge in [-0.25, -0.2) is 10.0 Å². The Hall–Kier alpha value is -1.59. The van der Waals surface area contributed by atoms with Gasteiger partial charge in [0.2, 0.25) is 5.96 Å². The molecule has 5 nitrogen and oxygen atoms in total. The van der Waals surface area contributed by atoms with Crippen molar-refractivity contribution in [3.05, 3.63) is 30.3 Å². The summed E-state index contributed by atoms with van der Waals surface area (Å²) in [5.74, 6) is 0.410. The minimum Gasteiger partial charge on any atom is -0.379 e. The molecule has 2 rings (SSSR count). The van der Waals surface area contributed by atoms with E-state index in [0.29, 0.717) is 5.96 Å². The van der Waals surface area contributed by atoms with E-state index in [4.69, 9.17) is 10.5 Å². The fourth-order valence-electron chi connectivity index (χ4n) is 1.50. The first-order chi connectivity index (χ1) is 7.84. The normalized spacial score (nSPS) is 18.4. The van der Waals surface area contributed by atoms with Gasteiger partial charge in [-0.3, -0.25) is 5.43 Å². The molecule has 0 spiro atoms. The lowest BCUT2D eigenvalue weighted by Gasteiger charge is -2.27. The highest BCUT2D eigenvalue weighted by molar-refractivity contribution is 5.80. The third-order valence-electron chi connectivity index (χ3n) is 2.29. The van der Waals surface area contributed by atoms with Gasteiger partial charge in [0.05, 0.1) is 18.9 Å². The molecule has 1 saturated heterocycles. The van der Waals surface area contributed by atoms with Gasteiger partial charge in [-0.15, -0.1) is 0 Å². The lowest BCUT2D eigenvalue weighted by molar-refractivity contribution is 0.0246. The molecule has 0 unspecified atom stereocenters. The van der Waals surface area contributed by atoms with Crippen molar-refractivity contribution in [2.45, 2.75) is 0 Å². The Labute approximate surface area is 94.9 Å². The van der Waals surface area contributed by atoms with E-state index >= 15 is 0 Å². The first-order valence-corrected chi connectivity index (χ1v) is 5.33. The predicted molar refractivity (Wildman–Crippen MR) is 63.3 cm³/mol. The SMILES string of the molecule is NC(=Nc1ccccc1)NN1CCOCC1. The monoisotopic (exact) mass is 220 g/mol. The van der Waals surface area contributed by atoms with Gasteiger partial charge in [0, 0.05) is 13.1 Å². The Balaban J connectivity index is 1.91. The van der Waals surface area contributed by atoms with Crippen LogP contribution in [0.5, 0.6) is 0 Å². The standard InChI is InChI=1S/C11H16N4O/c12-11(13-10-4-2-1-3-5-10)14-15-6-8-16-9-7-15/h1-5H,6-9H2,(H3,12,13,14). The van der Waals surface area contributed by atoms with Crippen molar-refractivity contribution in [2.75, 3.05) is 26.3 Å². The first-order valence-electron chi connectivity index (χ1n) is 5.33. The van der Waals surface area contributed by atoms with Gasteiger partial charge in [-0.1, -0.05) is 18.2 Å². The molecule has 1 aliphatic rings. The largest absolute Gasteiger partial charge is 0.379 e. The van der Waals surface area contributed by atoms with Crippen molar-refractivity contribution in [1.82, 2.24) is 10.4 Å². The van der Waals surface area contributed by atoms with Crippen molar-refractivity contribution in [3.63, 3.8) is 0 Å². The van der Waals surface area contributed by atoms with Gasteiger partial charge < -0.3 is 10.5 Å². The molecule has 0 aliphatic carbocycles. The van der Waals surface area contributed by atoms with Crippen LogP contribution in [0.15, 0.2) is 35.3 Å². The number of hydrazine groups is 1. The van der Waals surface area contributed by atoms with Gasteiger partial charge in [0.1, 0.15) is 0 Å². The van der Waals surface area contributed by atoms with Crippen LogP contribution in [0, 0.1) is 0 Å². The minimum absolute atomic E-state index is 0.410. The van der Waals surface area contributed by atoms with Crippen LogP contribution in [0.3, 0.4) is 0 Å². The number of nitrogens with one attached hydrogen (secondary N) is 1. The molecule has 0 atom stereocenters. The average molecular weight is 220 g/mol. The second-order valence-corrected chi connectivity index (χ2v) is 3.54. The minimum atomic E-state index is 0.410. The maximum absolute atomic E-state index is 5.79. The predicted octanol–water partition coefficient (Wildman–Crippen LogP) is 0.470. The molecule has 0 bridgehead atoms. The molecule has 0 radical (unpaired) electrons. The number of aliphatic imine (C=N–C) groups is 1. The zero-order chi connectivity index (χ0) is 11.2. The number of guanidine groups is 1. The van der Waals surface area contributed by atoms with E-state index in [-0.39, 0.29) is 0 Å². The summed E-state index contributed by atoms with van der Waals surface area (Å²) in [6.45, 7) is 3.10. The molecular weight excluding hydrogens is 204 g/mol. The van der Waals surface area contributed by atoms with Gasteiger partial charge >= 0.3 is 0 Å². The Morgan fingerprint density at radius 1 is 1.25 bits per heavy atom. The van der Waals surface area contributed by atoms with E-state index in [1.165, 1.54) is 0 Å². The second-order valence-electron chi connectivity index (χ2n) is 3.54. The van der Waals surface area contributed by atoms with E-state index in [2.05, 4.69) is 10.4 Å². The number of nitrogens with zero attached hydrogens (tertiary/aromatic N) is 2. The molecule has 1 fully saturated rings. The molecule has 1 aliphatic heterocycles. The van der Waals surface area contributed by atoms with Crippen molar-refractivity contribution < 1.29 is 4.74 Å². The molecule has 86 valence electrons. The summed E-state index contributed by atoms with van der Waals surface area (Å²) < 4.78 is 5.24. The van der Waals surface area contributed by atoms with Gasteiger partial charge in [0.25, 0.3) is 0 Å². The number of hydrogen-bond donors (Lipinski definition) is 2. The van der Waals surface area contributed by atoms with E-state index < -0.39 is 0 Å². The molecule has 0 amide bonds. The zero-order valence-corrected chi connectivity index (χ0v) is 9.10. The third-order valence-corrected chi connectivity index (χ3v) is 2.29. The van der Waals surface area contributed by atoms with E-state index in [1.807, 2.05) is 35.3 Å². The lowest BCUT2D eigenvalue weighted by Crippen LogP contribution is -2.50. The zero-order valence-electron chi connectivity index (χ0n) is 9.10. The van der Waals surface area contributed by atoms with Crippen LogP contribution < -0.4 is 11.2 Å². The molecule has 3 N–H and O–H groups in total. The van der Waals surface area contributed by atoms with Crippen LogP contribution in [-0.4, -0.2) is 37.3 Å². The Morgan fingerprint density at radius 2 is 1.94 bits per heavy atom.